The molecule has 0 unspecified atom stereocenters. The second kappa shape index (κ2) is 10.7. The van der Waals surface area contributed by atoms with Crippen molar-refractivity contribution in [2.45, 2.75) is 31.1 Å². The molecule has 0 atom stereocenters. The van der Waals surface area contributed by atoms with Crippen LogP contribution in [0.5, 0.6) is 0 Å². The molecule has 0 radical (unpaired) electrons. The fourth-order valence-corrected chi connectivity index (χ4v) is 3.35. The summed E-state index contributed by atoms with van der Waals surface area (Å²) in [5.41, 5.74) is 2.60. The van der Waals surface area contributed by atoms with Gasteiger partial charge in [-0.3, -0.25) is 19.3 Å². The number of rotatable bonds is 8. The highest BCUT2D eigenvalue weighted by Crippen LogP contribution is 2.21. The van der Waals surface area contributed by atoms with Crippen LogP contribution in [0.2, 0.25) is 0 Å². The van der Waals surface area contributed by atoms with Crippen LogP contribution >= 0.6 is 11.8 Å². The van der Waals surface area contributed by atoms with Gasteiger partial charge in [-0.15, -0.1) is 0 Å². The third-order valence-corrected chi connectivity index (χ3v) is 5.42. The lowest BCUT2D eigenvalue weighted by atomic mass is 10.1. The highest BCUT2D eigenvalue weighted by Gasteiger charge is 2.16. The lowest BCUT2D eigenvalue weighted by molar-refractivity contribution is -0.116. The van der Waals surface area contributed by atoms with Gasteiger partial charge in [0.15, 0.2) is 0 Å². The van der Waals surface area contributed by atoms with E-state index >= 15 is 0 Å². The average molecular weight is 399 g/mol. The maximum absolute atomic E-state index is 12.5. The number of aryl methyl sites for hydroxylation is 2. The van der Waals surface area contributed by atoms with Gasteiger partial charge in [0.1, 0.15) is 0 Å². The zero-order valence-corrected chi connectivity index (χ0v) is 17.4. The molecule has 148 valence electrons. The average Bonchev–Trinajstić information content (AvgIpc) is 2.69. The van der Waals surface area contributed by atoms with Crippen molar-refractivity contribution in [3.8, 4) is 0 Å². The van der Waals surface area contributed by atoms with Crippen LogP contribution in [0.3, 0.4) is 0 Å². The molecule has 0 heterocycles. The van der Waals surface area contributed by atoms with Gasteiger partial charge in [-0.05, 0) is 67.3 Å². The van der Waals surface area contributed by atoms with E-state index in [4.69, 9.17) is 0 Å². The molecule has 28 heavy (non-hydrogen) atoms. The van der Waals surface area contributed by atoms with Gasteiger partial charge in [0.05, 0.1) is 0 Å². The predicted octanol–water partition coefficient (Wildman–Crippen LogP) is 4.39. The fraction of sp³-hybridized carbons (Fsp3) is 0.318. The van der Waals surface area contributed by atoms with Crippen molar-refractivity contribution in [1.29, 1.82) is 0 Å². The first-order valence-corrected chi connectivity index (χ1v) is 10.0. The smallest absolute Gasteiger partial charge is 0.285 e. The number of hydrogen-bond acceptors (Lipinski definition) is 4. The van der Waals surface area contributed by atoms with Crippen molar-refractivity contribution in [2.75, 3.05) is 20.6 Å². The maximum atomic E-state index is 12.5. The monoisotopic (exact) mass is 398 g/mol. The third kappa shape index (κ3) is 6.23. The summed E-state index contributed by atoms with van der Waals surface area (Å²) in [6.07, 6.45) is 3.08. The standard InChI is InChI=1S/C22H26N2O3S/c1-17-8-4-5-10-20(17)21(26)24(16-25)15-7-6-9-18-11-13-19(14-12-18)28-22(27)23(2)3/h4-5,8,10-14,16H,6-7,9,15H2,1-3H3. The Balaban J connectivity index is 1.81. The Labute approximate surface area is 170 Å². The van der Waals surface area contributed by atoms with Crippen molar-refractivity contribution in [3.05, 3.63) is 65.2 Å². The molecule has 0 spiro atoms. The van der Waals surface area contributed by atoms with E-state index < -0.39 is 0 Å². The van der Waals surface area contributed by atoms with Crippen molar-refractivity contribution < 1.29 is 14.4 Å². The van der Waals surface area contributed by atoms with E-state index in [-0.39, 0.29) is 11.1 Å². The van der Waals surface area contributed by atoms with Crippen molar-refractivity contribution >= 4 is 29.3 Å². The van der Waals surface area contributed by atoms with Gasteiger partial charge in [-0.1, -0.05) is 30.3 Å². The van der Waals surface area contributed by atoms with Crippen LogP contribution in [-0.2, 0) is 11.2 Å². The summed E-state index contributed by atoms with van der Waals surface area (Å²) >= 11 is 1.20. The van der Waals surface area contributed by atoms with E-state index in [0.29, 0.717) is 18.5 Å². The number of imide groups is 1. The van der Waals surface area contributed by atoms with Crippen molar-refractivity contribution in [2.24, 2.45) is 0 Å². The first-order chi connectivity index (χ1) is 13.4. The molecular formula is C22H26N2O3S. The van der Waals surface area contributed by atoms with Gasteiger partial charge in [0.25, 0.3) is 11.1 Å². The molecule has 2 aromatic rings. The molecule has 0 bridgehead atoms. The van der Waals surface area contributed by atoms with Gasteiger partial charge in [0, 0.05) is 31.1 Å². The maximum Gasteiger partial charge on any atom is 0.285 e. The number of nitrogens with zero attached hydrogens (tertiary/aromatic N) is 2. The summed E-state index contributed by atoms with van der Waals surface area (Å²) < 4.78 is 0. The predicted molar refractivity (Wildman–Crippen MR) is 113 cm³/mol. The van der Waals surface area contributed by atoms with Crippen LogP contribution in [0.25, 0.3) is 0 Å². The number of amides is 3. The summed E-state index contributed by atoms with van der Waals surface area (Å²) in [7, 11) is 3.46. The Hall–Kier alpha value is -2.60. The molecule has 0 aliphatic carbocycles. The zero-order chi connectivity index (χ0) is 20.5. The van der Waals surface area contributed by atoms with Crippen LogP contribution < -0.4 is 0 Å². The van der Waals surface area contributed by atoms with Crippen LogP contribution in [0.4, 0.5) is 4.79 Å². The number of unbranched alkanes of at least 4 members (excludes halogenated alkanes) is 1. The van der Waals surface area contributed by atoms with E-state index in [1.54, 1.807) is 31.1 Å². The van der Waals surface area contributed by atoms with Gasteiger partial charge in [0.2, 0.25) is 6.41 Å². The Morgan fingerprint density at radius 3 is 2.29 bits per heavy atom. The van der Waals surface area contributed by atoms with Crippen LogP contribution in [-0.4, -0.2) is 48.0 Å². The Morgan fingerprint density at radius 2 is 1.68 bits per heavy atom. The lowest BCUT2D eigenvalue weighted by Gasteiger charge is -2.16. The molecule has 6 heteroatoms. The number of carbonyl (C=O) groups is 3. The highest BCUT2D eigenvalue weighted by molar-refractivity contribution is 8.13. The third-order valence-electron chi connectivity index (χ3n) is 4.37. The number of hydrogen-bond donors (Lipinski definition) is 0. The molecule has 5 nitrogen and oxygen atoms in total. The molecule has 0 aromatic heterocycles. The first-order valence-electron chi connectivity index (χ1n) is 9.22. The minimum Gasteiger partial charge on any atom is -0.339 e. The largest absolute Gasteiger partial charge is 0.339 e. The van der Waals surface area contributed by atoms with E-state index in [9.17, 15) is 14.4 Å². The second-order valence-electron chi connectivity index (χ2n) is 6.78. The van der Waals surface area contributed by atoms with Crippen molar-refractivity contribution in [3.63, 3.8) is 0 Å². The summed E-state index contributed by atoms with van der Waals surface area (Å²) in [6.45, 7) is 2.27. The molecule has 0 N–H and O–H groups in total. The Bertz CT molecular complexity index is 819. The number of thioether (sulfide) groups is 1. The second-order valence-corrected chi connectivity index (χ2v) is 7.81. The number of benzene rings is 2. The van der Waals surface area contributed by atoms with Gasteiger partial charge in [-0.2, -0.15) is 0 Å². The van der Waals surface area contributed by atoms with E-state index in [0.717, 1.165) is 29.7 Å². The van der Waals surface area contributed by atoms with Crippen LogP contribution in [0.15, 0.2) is 53.4 Å². The minimum absolute atomic E-state index is 0.0000225. The molecule has 0 aliphatic rings. The summed E-state index contributed by atoms with van der Waals surface area (Å²) in [4.78, 5) is 39.3. The molecule has 0 saturated heterocycles. The van der Waals surface area contributed by atoms with Crippen LogP contribution in [0, 0.1) is 6.92 Å². The topological polar surface area (TPSA) is 57.7 Å². The van der Waals surface area contributed by atoms with Gasteiger partial charge in [-0.25, -0.2) is 0 Å². The van der Waals surface area contributed by atoms with Gasteiger partial charge >= 0.3 is 0 Å². The molecule has 3 amide bonds. The lowest BCUT2D eigenvalue weighted by Crippen LogP contribution is -2.31. The number of carbonyl (C=O) groups excluding carboxylic acids is 3. The summed E-state index contributed by atoms with van der Waals surface area (Å²) in [6, 6.07) is 15.2. The molecule has 0 saturated carbocycles. The summed E-state index contributed by atoms with van der Waals surface area (Å²) in [5.74, 6) is -0.250. The molecule has 0 fully saturated rings. The summed E-state index contributed by atoms with van der Waals surface area (Å²) in [5, 5.41) is 0.0000225. The molecule has 2 rings (SSSR count). The Morgan fingerprint density at radius 1 is 1.00 bits per heavy atom. The van der Waals surface area contributed by atoms with Crippen molar-refractivity contribution in [1.82, 2.24) is 9.80 Å². The SMILES string of the molecule is Cc1ccccc1C(=O)N(C=O)CCCCc1ccc(SC(=O)N(C)C)cc1. The normalized spacial score (nSPS) is 10.4. The minimum atomic E-state index is -0.250. The fourth-order valence-electron chi connectivity index (χ4n) is 2.70. The Kier molecular flexibility index (Phi) is 8.26. The molecule has 2 aromatic carbocycles. The van der Waals surface area contributed by atoms with Crippen LogP contribution in [0.1, 0.15) is 34.3 Å². The van der Waals surface area contributed by atoms with E-state index in [1.165, 1.54) is 22.2 Å². The highest BCUT2D eigenvalue weighted by atomic mass is 32.2. The molecule has 0 aliphatic heterocycles. The zero-order valence-electron chi connectivity index (χ0n) is 16.6. The van der Waals surface area contributed by atoms with E-state index in [1.807, 2.05) is 43.3 Å². The molecular weight excluding hydrogens is 372 g/mol. The quantitative estimate of drug-likeness (QED) is 0.376. The van der Waals surface area contributed by atoms with E-state index in [2.05, 4.69) is 0 Å². The first kappa shape index (κ1) is 21.7. The van der Waals surface area contributed by atoms with Gasteiger partial charge < -0.3 is 4.90 Å².